The fourth-order valence-electron chi connectivity index (χ4n) is 2.76. The van der Waals surface area contributed by atoms with E-state index < -0.39 is 17.6 Å². The Balaban J connectivity index is 1.80. The van der Waals surface area contributed by atoms with Gasteiger partial charge in [0.2, 0.25) is 0 Å². The first-order valence-corrected chi connectivity index (χ1v) is 10.1. The summed E-state index contributed by atoms with van der Waals surface area (Å²) < 4.78 is 24.3. The average Bonchev–Trinajstić information content (AvgIpc) is 2.79. The Morgan fingerprint density at radius 1 is 0.969 bits per heavy atom. The Kier molecular flexibility index (Phi) is 7.56. The maximum absolute atomic E-state index is 13.3. The molecule has 3 aromatic rings. The quantitative estimate of drug-likeness (QED) is 0.366. The molecular weight excluding hydrogens is 481 g/mol. The Bertz CT molecular complexity index is 1160. The van der Waals surface area contributed by atoms with Gasteiger partial charge in [-0.1, -0.05) is 28.1 Å². The molecule has 3 rings (SSSR count). The zero-order chi connectivity index (χ0) is 23.1. The second-order valence-electron chi connectivity index (χ2n) is 6.50. The first-order valence-electron chi connectivity index (χ1n) is 9.32. The first kappa shape index (κ1) is 23.0. The minimum absolute atomic E-state index is 0.180. The third-order valence-corrected chi connectivity index (χ3v) is 4.81. The fraction of sp³-hybridized carbons (Fsp3) is 0.0870. The smallest absolute Gasteiger partial charge is 0.273 e. The van der Waals surface area contributed by atoms with Crippen LogP contribution in [0.3, 0.4) is 0 Å². The Hall–Kier alpha value is -3.72. The fourth-order valence-corrected chi connectivity index (χ4v) is 3.12. The summed E-state index contributed by atoms with van der Waals surface area (Å²) in [6.45, 7) is 0. The molecule has 3 aromatic carbocycles. The van der Waals surface area contributed by atoms with Crippen LogP contribution in [0.25, 0.3) is 0 Å². The van der Waals surface area contributed by atoms with Crippen LogP contribution in [0.1, 0.15) is 26.3 Å². The van der Waals surface area contributed by atoms with Gasteiger partial charge in [0.25, 0.3) is 11.8 Å². The number of carbonyl (C=O) groups excluding carboxylic acids is 2. The predicted molar refractivity (Wildman–Crippen MR) is 123 cm³/mol. The number of amides is 2. The van der Waals surface area contributed by atoms with Crippen molar-refractivity contribution < 1.29 is 23.5 Å². The number of methoxy groups -OCH3 is 2. The Morgan fingerprint density at radius 3 is 2.34 bits per heavy atom. The van der Waals surface area contributed by atoms with Gasteiger partial charge < -0.3 is 14.8 Å². The number of anilines is 1. The van der Waals surface area contributed by atoms with Gasteiger partial charge in [-0.2, -0.15) is 5.10 Å². The van der Waals surface area contributed by atoms with Crippen LogP contribution in [0.2, 0.25) is 0 Å². The highest BCUT2D eigenvalue weighted by Crippen LogP contribution is 2.25. The van der Waals surface area contributed by atoms with Crippen molar-refractivity contribution in [2.24, 2.45) is 5.10 Å². The SMILES string of the molecule is COc1cc(OC)cc(C(=O)Nc2ccc(Br)cc2C(=O)NN=Cc2cccc(F)c2)c1. The number of ether oxygens (including phenoxy) is 2. The number of nitrogens with one attached hydrogen (secondary N) is 2. The Labute approximate surface area is 192 Å². The van der Waals surface area contributed by atoms with E-state index in [-0.39, 0.29) is 11.3 Å². The second-order valence-corrected chi connectivity index (χ2v) is 7.42. The van der Waals surface area contributed by atoms with Crippen molar-refractivity contribution in [2.45, 2.75) is 0 Å². The molecule has 164 valence electrons. The zero-order valence-corrected chi connectivity index (χ0v) is 18.8. The van der Waals surface area contributed by atoms with E-state index in [1.807, 2.05) is 0 Å². The molecule has 0 saturated carbocycles. The van der Waals surface area contributed by atoms with Crippen molar-refractivity contribution in [1.29, 1.82) is 0 Å². The zero-order valence-electron chi connectivity index (χ0n) is 17.2. The maximum atomic E-state index is 13.3. The van der Waals surface area contributed by atoms with Crippen LogP contribution >= 0.6 is 15.9 Å². The minimum Gasteiger partial charge on any atom is -0.497 e. The number of carbonyl (C=O) groups is 2. The number of nitrogens with zero attached hydrogens (tertiary/aromatic N) is 1. The minimum atomic E-state index is -0.558. The number of halogens is 2. The second kappa shape index (κ2) is 10.5. The highest BCUT2D eigenvalue weighted by molar-refractivity contribution is 9.10. The molecular formula is C23H19BrFN3O4. The number of hydrogen-bond acceptors (Lipinski definition) is 5. The molecule has 0 heterocycles. The van der Waals surface area contributed by atoms with Crippen LogP contribution in [0, 0.1) is 5.82 Å². The van der Waals surface area contributed by atoms with Gasteiger partial charge in [-0.15, -0.1) is 0 Å². The number of hydrazone groups is 1. The first-order chi connectivity index (χ1) is 15.4. The third kappa shape index (κ3) is 5.92. The normalized spacial score (nSPS) is 10.6. The van der Waals surface area contributed by atoms with E-state index in [9.17, 15) is 14.0 Å². The van der Waals surface area contributed by atoms with Crippen molar-refractivity contribution in [3.05, 3.63) is 87.6 Å². The lowest BCUT2D eigenvalue weighted by molar-refractivity contribution is 0.0956. The van der Waals surface area contributed by atoms with E-state index in [0.717, 1.165) is 0 Å². The molecule has 0 aliphatic rings. The van der Waals surface area contributed by atoms with E-state index in [1.165, 1.54) is 38.6 Å². The summed E-state index contributed by atoms with van der Waals surface area (Å²) in [6.07, 6.45) is 1.32. The molecule has 2 N–H and O–H groups in total. The molecule has 0 aromatic heterocycles. The lowest BCUT2D eigenvalue weighted by atomic mass is 10.1. The molecule has 0 unspecified atom stereocenters. The highest BCUT2D eigenvalue weighted by atomic mass is 79.9. The largest absolute Gasteiger partial charge is 0.497 e. The molecule has 0 radical (unpaired) electrons. The summed E-state index contributed by atoms with van der Waals surface area (Å²) in [5.74, 6) is -0.518. The number of hydrogen-bond donors (Lipinski definition) is 2. The van der Waals surface area contributed by atoms with Crippen molar-refractivity contribution in [1.82, 2.24) is 5.43 Å². The highest BCUT2D eigenvalue weighted by Gasteiger charge is 2.16. The molecule has 0 bridgehead atoms. The van der Waals surface area contributed by atoms with Gasteiger partial charge >= 0.3 is 0 Å². The predicted octanol–water partition coefficient (Wildman–Crippen LogP) is 4.62. The van der Waals surface area contributed by atoms with Gasteiger partial charge in [-0.25, -0.2) is 9.82 Å². The summed E-state index contributed by atoms with van der Waals surface area (Å²) in [5.41, 5.74) is 3.61. The van der Waals surface area contributed by atoms with Crippen molar-refractivity contribution in [2.75, 3.05) is 19.5 Å². The van der Waals surface area contributed by atoms with E-state index in [0.29, 0.717) is 27.1 Å². The van der Waals surface area contributed by atoms with E-state index in [4.69, 9.17) is 9.47 Å². The standard InChI is InChI=1S/C23H19BrFN3O4/c1-31-18-9-15(10-19(12-18)32-2)22(29)27-21-7-6-16(24)11-20(21)23(30)28-26-13-14-4-3-5-17(25)8-14/h3-13H,1-2H3,(H,27,29)(H,28,30). The Morgan fingerprint density at radius 2 is 1.69 bits per heavy atom. The molecule has 0 saturated heterocycles. The monoisotopic (exact) mass is 499 g/mol. The number of benzene rings is 3. The average molecular weight is 500 g/mol. The van der Waals surface area contributed by atoms with Crippen LogP contribution in [0.4, 0.5) is 10.1 Å². The number of rotatable bonds is 7. The van der Waals surface area contributed by atoms with E-state index in [1.54, 1.807) is 42.5 Å². The molecule has 0 fully saturated rings. The van der Waals surface area contributed by atoms with Crippen molar-refractivity contribution in [3.8, 4) is 11.5 Å². The van der Waals surface area contributed by atoms with Crippen molar-refractivity contribution >= 4 is 39.6 Å². The molecule has 32 heavy (non-hydrogen) atoms. The van der Waals surface area contributed by atoms with Gasteiger partial charge in [-0.3, -0.25) is 9.59 Å². The molecule has 0 aliphatic heterocycles. The summed E-state index contributed by atoms with van der Waals surface area (Å²) in [4.78, 5) is 25.5. The van der Waals surface area contributed by atoms with Gasteiger partial charge in [0, 0.05) is 16.1 Å². The van der Waals surface area contributed by atoms with Crippen LogP contribution in [0.5, 0.6) is 11.5 Å². The van der Waals surface area contributed by atoms with Gasteiger partial charge in [0.1, 0.15) is 17.3 Å². The van der Waals surface area contributed by atoms with Crippen LogP contribution in [0.15, 0.2) is 70.2 Å². The van der Waals surface area contributed by atoms with Crippen LogP contribution < -0.4 is 20.2 Å². The molecule has 0 spiro atoms. The molecule has 9 heteroatoms. The summed E-state index contributed by atoms with van der Waals surface area (Å²) in [5, 5.41) is 6.58. The molecule has 7 nitrogen and oxygen atoms in total. The lowest BCUT2D eigenvalue weighted by Gasteiger charge is -2.12. The third-order valence-electron chi connectivity index (χ3n) is 4.32. The van der Waals surface area contributed by atoms with Gasteiger partial charge in [0.15, 0.2) is 0 Å². The maximum Gasteiger partial charge on any atom is 0.273 e. The summed E-state index contributed by atoms with van der Waals surface area (Å²) in [6, 6.07) is 15.4. The lowest BCUT2D eigenvalue weighted by Crippen LogP contribution is -2.21. The summed E-state index contributed by atoms with van der Waals surface area (Å²) >= 11 is 3.32. The van der Waals surface area contributed by atoms with Crippen LogP contribution in [-0.2, 0) is 0 Å². The van der Waals surface area contributed by atoms with Gasteiger partial charge in [0.05, 0.1) is 31.7 Å². The molecule has 0 atom stereocenters. The molecule has 0 aliphatic carbocycles. The molecule has 2 amide bonds. The topological polar surface area (TPSA) is 89.0 Å². The van der Waals surface area contributed by atoms with E-state index in [2.05, 4.69) is 31.8 Å². The van der Waals surface area contributed by atoms with Crippen LogP contribution in [-0.4, -0.2) is 32.2 Å². The van der Waals surface area contributed by atoms with Gasteiger partial charge in [-0.05, 0) is 48.0 Å². The van der Waals surface area contributed by atoms with E-state index >= 15 is 0 Å². The summed E-state index contributed by atoms with van der Waals surface area (Å²) in [7, 11) is 2.97. The van der Waals surface area contributed by atoms with Crippen molar-refractivity contribution in [3.63, 3.8) is 0 Å².